The molecular formula is C22H27FN4O. The molecule has 1 saturated heterocycles. The number of anilines is 1. The fraction of sp³-hybridized carbons (Fsp3) is 0.500. The molecule has 2 fully saturated rings. The maximum absolute atomic E-state index is 13.1. The van der Waals surface area contributed by atoms with Gasteiger partial charge in [0, 0.05) is 50.0 Å². The standard InChI is InChI=1S/C22H27FN4O/c1-22(2,3)11-20(28)26-21-16-12-27(13-17(16)21)19-8-9-24-18(25-19)10-14-4-6-15(23)7-5-14/h4-9,16-17,21H,10-13H2,1-3H3,(H,26,28)/t16-,17+,21?. The molecule has 28 heavy (non-hydrogen) atoms. The molecule has 3 atom stereocenters. The number of aromatic nitrogens is 2. The minimum atomic E-state index is -0.237. The molecule has 1 saturated carbocycles. The van der Waals surface area contributed by atoms with Crippen LogP contribution in [-0.2, 0) is 11.2 Å². The Kier molecular flexibility index (Phi) is 4.81. The SMILES string of the molecule is CC(C)(C)CC(=O)NC1[C@H]2CN(c3ccnc(Cc4ccc(F)cc4)n3)C[C@@H]12. The van der Waals surface area contributed by atoms with Crippen LogP contribution in [0.2, 0.25) is 0 Å². The van der Waals surface area contributed by atoms with Crippen molar-refractivity contribution in [3.05, 3.63) is 53.7 Å². The molecule has 1 unspecified atom stereocenters. The van der Waals surface area contributed by atoms with Gasteiger partial charge in [-0.2, -0.15) is 0 Å². The predicted octanol–water partition coefficient (Wildman–Crippen LogP) is 3.19. The average Bonchev–Trinajstić information content (AvgIpc) is 3.05. The summed E-state index contributed by atoms with van der Waals surface area (Å²) in [5, 5.41) is 3.20. The van der Waals surface area contributed by atoms with Crippen molar-refractivity contribution in [3.8, 4) is 0 Å². The molecule has 4 rings (SSSR count). The van der Waals surface area contributed by atoms with Crippen molar-refractivity contribution in [1.82, 2.24) is 15.3 Å². The number of hydrogen-bond donors (Lipinski definition) is 1. The summed E-state index contributed by atoms with van der Waals surface area (Å²) in [6, 6.07) is 8.70. The third-order valence-corrected chi connectivity index (χ3v) is 5.50. The second-order valence-corrected chi connectivity index (χ2v) is 9.20. The molecule has 1 aromatic carbocycles. The Balaban J connectivity index is 1.33. The number of carbonyl (C=O) groups excluding carboxylic acids is 1. The highest BCUT2D eigenvalue weighted by Gasteiger charge is 2.56. The van der Waals surface area contributed by atoms with E-state index in [1.54, 1.807) is 18.3 Å². The van der Waals surface area contributed by atoms with E-state index in [2.05, 4.69) is 36.0 Å². The molecule has 0 radical (unpaired) electrons. The topological polar surface area (TPSA) is 58.1 Å². The molecule has 1 aromatic heterocycles. The van der Waals surface area contributed by atoms with Crippen LogP contribution in [0.15, 0.2) is 36.5 Å². The number of fused-ring (bicyclic) bond motifs is 1. The molecule has 1 amide bonds. The van der Waals surface area contributed by atoms with Gasteiger partial charge in [0.15, 0.2) is 0 Å². The first-order chi connectivity index (χ1) is 13.3. The van der Waals surface area contributed by atoms with Crippen LogP contribution in [0.5, 0.6) is 0 Å². The number of nitrogens with one attached hydrogen (secondary N) is 1. The summed E-state index contributed by atoms with van der Waals surface area (Å²) in [5.41, 5.74) is 1.01. The highest BCUT2D eigenvalue weighted by Crippen LogP contribution is 2.46. The fourth-order valence-electron chi connectivity index (χ4n) is 4.08. The Morgan fingerprint density at radius 2 is 1.86 bits per heavy atom. The molecule has 1 aliphatic heterocycles. The van der Waals surface area contributed by atoms with Crippen LogP contribution in [0.3, 0.4) is 0 Å². The first-order valence-corrected chi connectivity index (χ1v) is 9.89. The molecule has 6 heteroatoms. The van der Waals surface area contributed by atoms with Gasteiger partial charge in [-0.15, -0.1) is 0 Å². The van der Waals surface area contributed by atoms with E-state index < -0.39 is 0 Å². The van der Waals surface area contributed by atoms with Gasteiger partial charge in [-0.25, -0.2) is 14.4 Å². The largest absolute Gasteiger partial charge is 0.356 e. The molecule has 1 N–H and O–H groups in total. The molecule has 5 nitrogen and oxygen atoms in total. The van der Waals surface area contributed by atoms with Crippen LogP contribution in [0.25, 0.3) is 0 Å². The number of halogens is 1. The molecule has 148 valence electrons. The van der Waals surface area contributed by atoms with Crippen LogP contribution in [0.4, 0.5) is 10.2 Å². The number of hydrogen-bond acceptors (Lipinski definition) is 4. The van der Waals surface area contributed by atoms with Crippen molar-refractivity contribution in [2.45, 2.75) is 39.7 Å². The van der Waals surface area contributed by atoms with Gasteiger partial charge in [0.25, 0.3) is 0 Å². The van der Waals surface area contributed by atoms with Crippen LogP contribution < -0.4 is 10.2 Å². The Labute approximate surface area is 165 Å². The van der Waals surface area contributed by atoms with E-state index >= 15 is 0 Å². The summed E-state index contributed by atoms with van der Waals surface area (Å²) >= 11 is 0. The second kappa shape index (κ2) is 7.15. The quantitative estimate of drug-likeness (QED) is 0.863. The maximum atomic E-state index is 13.1. The van der Waals surface area contributed by atoms with E-state index in [4.69, 9.17) is 4.98 Å². The molecule has 2 aromatic rings. The van der Waals surface area contributed by atoms with Gasteiger partial charge >= 0.3 is 0 Å². The van der Waals surface area contributed by atoms with Crippen LogP contribution in [-0.4, -0.2) is 35.0 Å². The van der Waals surface area contributed by atoms with E-state index in [0.29, 0.717) is 30.7 Å². The first-order valence-electron chi connectivity index (χ1n) is 9.89. The first kappa shape index (κ1) is 18.8. The van der Waals surface area contributed by atoms with Crippen molar-refractivity contribution < 1.29 is 9.18 Å². The van der Waals surface area contributed by atoms with Gasteiger partial charge in [0.05, 0.1) is 0 Å². The predicted molar refractivity (Wildman–Crippen MR) is 106 cm³/mol. The Morgan fingerprint density at radius 1 is 1.18 bits per heavy atom. The normalized spacial score (nSPS) is 23.4. The van der Waals surface area contributed by atoms with Crippen molar-refractivity contribution in [1.29, 1.82) is 0 Å². The molecular weight excluding hydrogens is 355 g/mol. The summed E-state index contributed by atoms with van der Waals surface area (Å²) in [6.07, 6.45) is 2.93. The number of benzene rings is 1. The van der Waals surface area contributed by atoms with Gasteiger partial charge < -0.3 is 10.2 Å². The van der Waals surface area contributed by atoms with E-state index in [0.717, 1.165) is 30.3 Å². The van der Waals surface area contributed by atoms with Gasteiger partial charge in [0.2, 0.25) is 5.91 Å². The Hall–Kier alpha value is -2.50. The van der Waals surface area contributed by atoms with E-state index in [9.17, 15) is 9.18 Å². The van der Waals surface area contributed by atoms with Crippen molar-refractivity contribution in [3.63, 3.8) is 0 Å². The fourth-order valence-corrected chi connectivity index (χ4v) is 4.08. The van der Waals surface area contributed by atoms with Crippen molar-refractivity contribution in [2.24, 2.45) is 17.3 Å². The van der Waals surface area contributed by atoms with Crippen molar-refractivity contribution in [2.75, 3.05) is 18.0 Å². The lowest BCUT2D eigenvalue weighted by atomic mass is 9.92. The maximum Gasteiger partial charge on any atom is 0.220 e. The number of amides is 1. The number of carbonyl (C=O) groups is 1. The Bertz CT molecular complexity index is 850. The van der Waals surface area contributed by atoms with Crippen LogP contribution >= 0.6 is 0 Å². The lowest BCUT2D eigenvalue weighted by molar-refractivity contribution is -0.123. The summed E-state index contributed by atoms with van der Waals surface area (Å²) in [5.74, 6) is 2.61. The highest BCUT2D eigenvalue weighted by atomic mass is 19.1. The molecule has 0 bridgehead atoms. The van der Waals surface area contributed by atoms with Crippen molar-refractivity contribution >= 4 is 11.7 Å². The second-order valence-electron chi connectivity index (χ2n) is 9.20. The number of nitrogens with zero attached hydrogens (tertiary/aromatic N) is 3. The number of rotatable bonds is 5. The highest BCUT2D eigenvalue weighted by molar-refractivity contribution is 5.77. The molecule has 2 heterocycles. The monoisotopic (exact) mass is 382 g/mol. The van der Waals surface area contributed by atoms with Crippen LogP contribution in [0.1, 0.15) is 38.6 Å². The minimum absolute atomic E-state index is 0.0159. The van der Waals surface area contributed by atoms with Gasteiger partial charge in [-0.1, -0.05) is 32.9 Å². The average molecular weight is 382 g/mol. The number of piperidine rings is 1. The zero-order valence-electron chi connectivity index (χ0n) is 16.7. The van der Waals surface area contributed by atoms with E-state index in [-0.39, 0.29) is 17.1 Å². The molecule has 0 spiro atoms. The van der Waals surface area contributed by atoms with Gasteiger partial charge in [-0.05, 0) is 29.2 Å². The Morgan fingerprint density at radius 3 is 2.50 bits per heavy atom. The third-order valence-electron chi connectivity index (χ3n) is 5.50. The van der Waals surface area contributed by atoms with Crippen LogP contribution in [0, 0.1) is 23.1 Å². The van der Waals surface area contributed by atoms with Gasteiger partial charge in [0.1, 0.15) is 17.5 Å². The summed E-state index contributed by atoms with van der Waals surface area (Å²) in [7, 11) is 0. The zero-order valence-corrected chi connectivity index (χ0v) is 16.7. The lowest BCUT2D eigenvalue weighted by Gasteiger charge is -2.22. The smallest absolute Gasteiger partial charge is 0.220 e. The summed E-state index contributed by atoms with van der Waals surface area (Å²) < 4.78 is 13.1. The molecule has 2 aliphatic rings. The summed E-state index contributed by atoms with van der Waals surface area (Å²) in [4.78, 5) is 23.5. The zero-order chi connectivity index (χ0) is 19.9. The lowest BCUT2D eigenvalue weighted by Crippen LogP contribution is -2.36. The van der Waals surface area contributed by atoms with Gasteiger partial charge in [-0.3, -0.25) is 4.79 Å². The summed E-state index contributed by atoms with van der Waals surface area (Å²) in [6.45, 7) is 8.08. The van der Waals surface area contributed by atoms with E-state index in [1.165, 1.54) is 12.1 Å². The molecule has 1 aliphatic carbocycles. The third kappa shape index (κ3) is 4.32. The minimum Gasteiger partial charge on any atom is -0.356 e. The van der Waals surface area contributed by atoms with E-state index in [1.807, 2.05) is 6.07 Å².